The van der Waals surface area contributed by atoms with Crippen LogP contribution in [0, 0.1) is 0 Å². The molecule has 0 radical (unpaired) electrons. The Balaban J connectivity index is 2.20. The van der Waals surface area contributed by atoms with Crippen molar-refractivity contribution in [2.45, 2.75) is 0 Å². The van der Waals surface area contributed by atoms with Crippen LogP contribution in [-0.4, -0.2) is 31.1 Å². The Bertz CT molecular complexity index is 348. The predicted octanol–water partition coefficient (Wildman–Crippen LogP) is 2.29. The fourth-order valence-corrected chi connectivity index (χ4v) is 1.35. The molecule has 2 rings (SSSR count). The Kier molecular flexibility index (Phi) is 2.59. The molecule has 0 N–H and O–H groups in total. The summed E-state index contributed by atoms with van der Waals surface area (Å²) in [6.07, 6.45) is 0. The average molecular weight is 211 g/mol. The van der Waals surface area contributed by atoms with E-state index in [2.05, 4.69) is 4.99 Å². The van der Waals surface area contributed by atoms with E-state index >= 15 is 0 Å². The van der Waals surface area contributed by atoms with Gasteiger partial charge < -0.3 is 9.64 Å². The van der Waals surface area contributed by atoms with Crippen LogP contribution in [0.5, 0.6) is 0 Å². The van der Waals surface area contributed by atoms with Crippen molar-refractivity contribution in [1.29, 1.82) is 0 Å². The number of likely N-dealkylation sites (N-methyl/N-ethyl adjacent to an activating group) is 1. The minimum atomic E-state index is 0.673. The molecule has 1 saturated heterocycles. The molecule has 14 heavy (non-hydrogen) atoms. The molecule has 0 unspecified atom stereocenters. The van der Waals surface area contributed by atoms with E-state index in [9.17, 15) is 0 Å². The van der Waals surface area contributed by atoms with Gasteiger partial charge in [-0.1, -0.05) is 11.6 Å². The van der Waals surface area contributed by atoms with Gasteiger partial charge in [-0.15, -0.1) is 0 Å². The zero-order valence-corrected chi connectivity index (χ0v) is 8.66. The summed E-state index contributed by atoms with van der Waals surface area (Å²) >= 11 is 5.77. The molecule has 0 aliphatic carbocycles. The number of ether oxygens (including phenoxy) is 1. The lowest BCUT2D eigenvalue weighted by molar-refractivity contribution is 0.352. The topological polar surface area (TPSA) is 24.8 Å². The van der Waals surface area contributed by atoms with Crippen LogP contribution >= 0.6 is 11.6 Å². The van der Waals surface area contributed by atoms with Crippen LogP contribution in [-0.2, 0) is 4.74 Å². The highest BCUT2D eigenvalue weighted by atomic mass is 35.5. The molecule has 1 aliphatic heterocycles. The third-order valence-electron chi connectivity index (χ3n) is 2.04. The van der Waals surface area contributed by atoms with E-state index in [0.717, 1.165) is 17.3 Å². The first kappa shape index (κ1) is 9.34. The second-order valence-corrected chi connectivity index (χ2v) is 3.58. The molecule has 1 aromatic rings. The zero-order chi connectivity index (χ0) is 9.97. The summed E-state index contributed by atoms with van der Waals surface area (Å²) in [6, 6.07) is 8.04. The van der Waals surface area contributed by atoms with E-state index < -0.39 is 0 Å². The molecule has 1 aromatic carbocycles. The maximum absolute atomic E-state index is 5.77. The van der Waals surface area contributed by atoms with Gasteiger partial charge in [0.2, 0.25) is 0 Å². The van der Waals surface area contributed by atoms with Crippen LogP contribution < -0.4 is 0 Å². The van der Waals surface area contributed by atoms with Gasteiger partial charge in [-0.2, -0.15) is 4.99 Å². The summed E-state index contributed by atoms with van der Waals surface area (Å²) in [5, 5.41) is 0.717. The van der Waals surface area contributed by atoms with Crippen LogP contribution in [0.2, 0.25) is 5.02 Å². The molecule has 74 valence electrons. The lowest BCUT2D eigenvalue weighted by Crippen LogP contribution is -2.19. The third-order valence-corrected chi connectivity index (χ3v) is 2.29. The van der Waals surface area contributed by atoms with Crippen LogP contribution in [0.25, 0.3) is 0 Å². The summed E-state index contributed by atoms with van der Waals surface area (Å²) < 4.78 is 5.34. The first-order valence-corrected chi connectivity index (χ1v) is 4.82. The van der Waals surface area contributed by atoms with Crippen LogP contribution in [0.4, 0.5) is 5.69 Å². The van der Waals surface area contributed by atoms with Gasteiger partial charge in [-0.25, -0.2) is 0 Å². The zero-order valence-electron chi connectivity index (χ0n) is 7.90. The van der Waals surface area contributed by atoms with Crippen LogP contribution in [0.1, 0.15) is 0 Å². The number of benzene rings is 1. The van der Waals surface area contributed by atoms with Crippen molar-refractivity contribution in [2.75, 3.05) is 20.2 Å². The van der Waals surface area contributed by atoms with Crippen molar-refractivity contribution in [3.05, 3.63) is 29.3 Å². The monoisotopic (exact) mass is 210 g/mol. The molecular weight excluding hydrogens is 200 g/mol. The van der Waals surface area contributed by atoms with E-state index in [0.29, 0.717) is 12.6 Å². The summed E-state index contributed by atoms with van der Waals surface area (Å²) in [5.74, 6) is 0. The fraction of sp³-hybridized carbons (Fsp3) is 0.300. The van der Waals surface area contributed by atoms with Gasteiger partial charge in [0.25, 0.3) is 6.02 Å². The van der Waals surface area contributed by atoms with E-state index in [-0.39, 0.29) is 0 Å². The quantitative estimate of drug-likeness (QED) is 0.711. The number of amidine groups is 1. The van der Waals surface area contributed by atoms with Crippen molar-refractivity contribution in [3.63, 3.8) is 0 Å². The highest BCUT2D eigenvalue weighted by Crippen LogP contribution is 2.17. The summed E-state index contributed by atoms with van der Waals surface area (Å²) in [4.78, 5) is 6.32. The van der Waals surface area contributed by atoms with E-state index in [4.69, 9.17) is 16.3 Å². The SMILES string of the molecule is CN1CCO/C1=N/c1ccc(Cl)cc1. The molecule has 0 saturated carbocycles. The standard InChI is InChI=1S/C10H11ClN2O/c1-13-6-7-14-10(13)12-9-4-2-8(11)3-5-9/h2-5H,6-7H2,1H3/b12-10+. The number of hydrogen-bond acceptors (Lipinski definition) is 2. The lowest BCUT2D eigenvalue weighted by atomic mass is 10.3. The molecule has 1 aliphatic rings. The Morgan fingerprint density at radius 1 is 1.36 bits per heavy atom. The maximum atomic E-state index is 5.77. The maximum Gasteiger partial charge on any atom is 0.292 e. The molecule has 0 aromatic heterocycles. The Labute approximate surface area is 88.0 Å². The van der Waals surface area contributed by atoms with Crippen molar-refractivity contribution >= 4 is 23.3 Å². The summed E-state index contributed by atoms with van der Waals surface area (Å²) in [6.45, 7) is 1.61. The number of hydrogen-bond donors (Lipinski definition) is 0. The van der Waals surface area contributed by atoms with Gasteiger partial charge in [-0.05, 0) is 24.3 Å². The number of nitrogens with zero attached hydrogens (tertiary/aromatic N) is 2. The molecule has 0 spiro atoms. The molecule has 4 heteroatoms. The Hall–Kier alpha value is -1.22. The number of aliphatic imine (C=N–C) groups is 1. The van der Waals surface area contributed by atoms with Crippen molar-refractivity contribution in [1.82, 2.24) is 4.90 Å². The molecule has 1 heterocycles. The molecule has 0 amide bonds. The Morgan fingerprint density at radius 2 is 2.07 bits per heavy atom. The van der Waals surface area contributed by atoms with Gasteiger partial charge in [0.1, 0.15) is 6.61 Å². The van der Waals surface area contributed by atoms with Gasteiger partial charge in [0, 0.05) is 12.1 Å². The van der Waals surface area contributed by atoms with E-state index in [1.54, 1.807) is 0 Å². The third kappa shape index (κ3) is 1.99. The number of rotatable bonds is 1. The first-order valence-electron chi connectivity index (χ1n) is 4.44. The van der Waals surface area contributed by atoms with Gasteiger partial charge >= 0.3 is 0 Å². The normalized spacial score (nSPS) is 18.7. The molecule has 0 bridgehead atoms. The van der Waals surface area contributed by atoms with Crippen molar-refractivity contribution < 1.29 is 4.74 Å². The second kappa shape index (κ2) is 3.88. The smallest absolute Gasteiger partial charge is 0.292 e. The van der Waals surface area contributed by atoms with E-state index in [1.807, 2.05) is 36.2 Å². The van der Waals surface area contributed by atoms with E-state index in [1.165, 1.54) is 0 Å². The first-order chi connectivity index (χ1) is 6.75. The second-order valence-electron chi connectivity index (χ2n) is 3.14. The minimum Gasteiger partial charge on any atom is -0.463 e. The molecule has 1 fully saturated rings. The highest BCUT2D eigenvalue weighted by molar-refractivity contribution is 6.30. The summed E-state index contributed by atoms with van der Waals surface area (Å²) in [5.41, 5.74) is 0.859. The summed E-state index contributed by atoms with van der Waals surface area (Å²) in [7, 11) is 1.96. The lowest BCUT2D eigenvalue weighted by Gasteiger charge is -2.07. The van der Waals surface area contributed by atoms with Gasteiger partial charge in [0.05, 0.1) is 12.2 Å². The molecule has 3 nitrogen and oxygen atoms in total. The van der Waals surface area contributed by atoms with Crippen molar-refractivity contribution in [3.8, 4) is 0 Å². The van der Waals surface area contributed by atoms with Crippen LogP contribution in [0.3, 0.4) is 0 Å². The average Bonchev–Trinajstić information content (AvgIpc) is 2.56. The number of halogens is 1. The van der Waals surface area contributed by atoms with Crippen molar-refractivity contribution in [2.24, 2.45) is 4.99 Å². The van der Waals surface area contributed by atoms with Gasteiger partial charge in [0.15, 0.2) is 0 Å². The predicted molar refractivity (Wildman–Crippen MR) is 57.1 cm³/mol. The van der Waals surface area contributed by atoms with Crippen LogP contribution in [0.15, 0.2) is 29.3 Å². The highest BCUT2D eigenvalue weighted by Gasteiger charge is 2.15. The molecular formula is C10H11ClN2O. The minimum absolute atomic E-state index is 0.673. The largest absolute Gasteiger partial charge is 0.463 e. The molecule has 0 atom stereocenters. The fourth-order valence-electron chi connectivity index (χ4n) is 1.22. The Morgan fingerprint density at radius 3 is 2.64 bits per heavy atom. The van der Waals surface area contributed by atoms with Gasteiger partial charge in [-0.3, -0.25) is 0 Å².